The van der Waals surface area contributed by atoms with Crippen molar-refractivity contribution in [1.82, 2.24) is 4.90 Å². The van der Waals surface area contributed by atoms with E-state index in [1.165, 1.54) is 12.1 Å². The summed E-state index contributed by atoms with van der Waals surface area (Å²) in [6.07, 6.45) is 0. The summed E-state index contributed by atoms with van der Waals surface area (Å²) in [5, 5.41) is 13.6. The zero-order valence-electron chi connectivity index (χ0n) is 10.9. The first kappa shape index (κ1) is 15.4. The van der Waals surface area contributed by atoms with Gasteiger partial charge in [0.2, 0.25) is 5.91 Å². The van der Waals surface area contributed by atoms with E-state index in [0.717, 1.165) is 0 Å². The first-order valence-electron chi connectivity index (χ1n) is 5.95. The number of nitrogens with zero attached hydrogens (tertiary/aromatic N) is 2. The lowest BCUT2D eigenvalue weighted by atomic mass is 10.3. The van der Waals surface area contributed by atoms with Crippen molar-refractivity contribution in [2.75, 3.05) is 25.0 Å². The molecule has 1 aromatic carbocycles. The molecule has 0 spiro atoms. The van der Waals surface area contributed by atoms with Gasteiger partial charge in [-0.3, -0.25) is 14.9 Å². The second-order valence-electron chi connectivity index (χ2n) is 3.84. The minimum atomic E-state index is -0.463. The molecule has 1 N–H and O–H groups in total. The molecule has 0 saturated heterocycles. The number of nitro groups is 1. The minimum Gasteiger partial charge on any atom is -0.375 e. The lowest BCUT2D eigenvalue weighted by Crippen LogP contribution is -2.35. The summed E-state index contributed by atoms with van der Waals surface area (Å²) in [6, 6.07) is 4.39. The fraction of sp³-hybridized carbons (Fsp3) is 0.417. The van der Waals surface area contributed by atoms with Gasteiger partial charge in [-0.05, 0) is 35.8 Å². The van der Waals surface area contributed by atoms with Crippen LogP contribution in [0.2, 0.25) is 0 Å². The summed E-state index contributed by atoms with van der Waals surface area (Å²) in [5.74, 6) is -0.00440. The predicted molar refractivity (Wildman–Crippen MR) is 77.2 cm³/mol. The minimum absolute atomic E-state index is 0.00440. The van der Waals surface area contributed by atoms with Gasteiger partial charge in [-0.25, -0.2) is 0 Å². The van der Waals surface area contributed by atoms with Crippen LogP contribution in [0.5, 0.6) is 0 Å². The van der Waals surface area contributed by atoms with E-state index in [1.54, 1.807) is 11.0 Å². The molecule has 0 saturated carbocycles. The molecule has 7 heteroatoms. The molecule has 19 heavy (non-hydrogen) atoms. The largest absolute Gasteiger partial charge is 0.375 e. The van der Waals surface area contributed by atoms with Crippen LogP contribution in [0.3, 0.4) is 0 Å². The van der Waals surface area contributed by atoms with Crippen molar-refractivity contribution in [2.45, 2.75) is 13.8 Å². The summed E-state index contributed by atoms with van der Waals surface area (Å²) in [4.78, 5) is 23.7. The SMILES string of the molecule is CCN(CC)C(=O)CNc1ccc([N+](=O)[O-])cc1Br. The smallest absolute Gasteiger partial charge is 0.270 e. The molecule has 1 aromatic rings. The highest BCUT2D eigenvalue weighted by Crippen LogP contribution is 2.26. The van der Waals surface area contributed by atoms with Crippen LogP contribution in [0.15, 0.2) is 22.7 Å². The maximum absolute atomic E-state index is 11.8. The van der Waals surface area contributed by atoms with E-state index < -0.39 is 4.92 Å². The summed E-state index contributed by atoms with van der Waals surface area (Å²) >= 11 is 3.24. The molecule has 0 aromatic heterocycles. The van der Waals surface area contributed by atoms with E-state index in [1.807, 2.05) is 13.8 Å². The number of non-ortho nitro benzene ring substituents is 1. The van der Waals surface area contributed by atoms with E-state index in [0.29, 0.717) is 23.2 Å². The molecule has 0 aliphatic carbocycles. The fourth-order valence-corrected chi connectivity index (χ4v) is 2.13. The number of anilines is 1. The van der Waals surface area contributed by atoms with E-state index >= 15 is 0 Å². The highest BCUT2D eigenvalue weighted by atomic mass is 79.9. The molecule has 0 aliphatic rings. The zero-order valence-corrected chi connectivity index (χ0v) is 12.4. The van der Waals surface area contributed by atoms with Crippen LogP contribution in [0, 0.1) is 10.1 Å². The first-order valence-corrected chi connectivity index (χ1v) is 6.74. The zero-order chi connectivity index (χ0) is 14.4. The van der Waals surface area contributed by atoms with Crippen molar-refractivity contribution in [3.8, 4) is 0 Å². The van der Waals surface area contributed by atoms with Crippen LogP contribution in [-0.2, 0) is 4.79 Å². The molecule has 0 aliphatic heterocycles. The number of carbonyl (C=O) groups is 1. The Balaban J connectivity index is 2.68. The number of amides is 1. The number of benzene rings is 1. The second-order valence-corrected chi connectivity index (χ2v) is 4.70. The van der Waals surface area contributed by atoms with E-state index in [-0.39, 0.29) is 18.1 Å². The van der Waals surface area contributed by atoms with Gasteiger partial charge in [0.05, 0.1) is 11.5 Å². The fourth-order valence-electron chi connectivity index (χ4n) is 1.62. The second kappa shape index (κ2) is 7.08. The van der Waals surface area contributed by atoms with Gasteiger partial charge < -0.3 is 10.2 Å². The van der Waals surface area contributed by atoms with Crippen molar-refractivity contribution >= 4 is 33.2 Å². The lowest BCUT2D eigenvalue weighted by molar-refractivity contribution is -0.384. The third-order valence-electron chi connectivity index (χ3n) is 2.71. The lowest BCUT2D eigenvalue weighted by Gasteiger charge is -2.19. The van der Waals surface area contributed by atoms with E-state index in [4.69, 9.17) is 0 Å². The molecule has 0 heterocycles. The number of rotatable bonds is 6. The number of nitro benzene ring substituents is 1. The highest BCUT2D eigenvalue weighted by Gasteiger charge is 2.12. The first-order chi connectivity index (χ1) is 8.99. The third-order valence-corrected chi connectivity index (χ3v) is 3.37. The Morgan fingerprint density at radius 2 is 2.05 bits per heavy atom. The number of hydrogen-bond acceptors (Lipinski definition) is 4. The summed E-state index contributed by atoms with van der Waals surface area (Å²) in [7, 11) is 0. The number of likely N-dealkylation sites (N-methyl/N-ethyl adjacent to an activating group) is 1. The van der Waals surface area contributed by atoms with Crippen molar-refractivity contribution in [1.29, 1.82) is 0 Å². The van der Waals surface area contributed by atoms with Crippen LogP contribution in [0.4, 0.5) is 11.4 Å². The molecule has 104 valence electrons. The van der Waals surface area contributed by atoms with Crippen LogP contribution in [-0.4, -0.2) is 35.4 Å². The van der Waals surface area contributed by atoms with Gasteiger partial charge in [-0.15, -0.1) is 0 Å². The highest BCUT2D eigenvalue weighted by molar-refractivity contribution is 9.10. The molecule has 0 fully saturated rings. The summed E-state index contributed by atoms with van der Waals surface area (Å²) in [6.45, 7) is 5.33. The Kier molecular flexibility index (Phi) is 5.75. The Morgan fingerprint density at radius 3 is 2.53 bits per heavy atom. The Labute approximate surface area is 120 Å². The Hall–Kier alpha value is -1.63. The van der Waals surface area contributed by atoms with Gasteiger partial charge >= 0.3 is 0 Å². The molecule has 0 atom stereocenters. The van der Waals surface area contributed by atoms with Crippen LogP contribution >= 0.6 is 15.9 Å². The quantitative estimate of drug-likeness (QED) is 0.643. The van der Waals surface area contributed by atoms with Gasteiger partial charge in [0.25, 0.3) is 5.69 Å². The van der Waals surface area contributed by atoms with Gasteiger partial charge in [-0.1, -0.05) is 0 Å². The van der Waals surface area contributed by atoms with Crippen LogP contribution < -0.4 is 5.32 Å². The normalized spacial score (nSPS) is 10.1. The number of nitrogens with one attached hydrogen (secondary N) is 1. The molecular weight excluding hydrogens is 314 g/mol. The molecule has 0 bridgehead atoms. The van der Waals surface area contributed by atoms with E-state index in [9.17, 15) is 14.9 Å². The molecule has 1 amide bonds. The molecule has 1 rings (SSSR count). The van der Waals surface area contributed by atoms with Gasteiger partial charge in [0, 0.05) is 35.4 Å². The van der Waals surface area contributed by atoms with Crippen LogP contribution in [0.1, 0.15) is 13.8 Å². The topological polar surface area (TPSA) is 75.5 Å². The van der Waals surface area contributed by atoms with Gasteiger partial charge in [0.15, 0.2) is 0 Å². The summed E-state index contributed by atoms with van der Waals surface area (Å²) in [5.41, 5.74) is 0.665. The van der Waals surface area contributed by atoms with Gasteiger partial charge in [0.1, 0.15) is 0 Å². The Bertz CT molecular complexity index is 475. The number of halogens is 1. The van der Waals surface area contributed by atoms with Crippen molar-refractivity contribution in [3.63, 3.8) is 0 Å². The molecular formula is C12H16BrN3O3. The van der Waals surface area contributed by atoms with Crippen molar-refractivity contribution in [3.05, 3.63) is 32.8 Å². The van der Waals surface area contributed by atoms with E-state index in [2.05, 4.69) is 21.2 Å². The van der Waals surface area contributed by atoms with Crippen molar-refractivity contribution in [2.24, 2.45) is 0 Å². The third kappa shape index (κ3) is 4.20. The van der Waals surface area contributed by atoms with Crippen molar-refractivity contribution < 1.29 is 9.72 Å². The standard InChI is InChI=1S/C12H16BrN3O3/c1-3-15(4-2)12(17)8-14-11-6-5-9(16(18)19)7-10(11)13/h5-7,14H,3-4,8H2,1-2H3. The maximum atomic E-state index is 11.8. The predicted octanol–water partition coefficient (Wildman–Crippen LogP) is 2.64. The molecule has 0 radical (unpaired) electrons. The average molecular weight is 330 g/mol. The summed E-state index contributed by atoms with van der Waals surface area (Å²) < 4.78 is 0.564. The molecule has 0 unspecified atom stereocenters. The maximum Gasteiger partial charge on any atom is 0.270 e. The monoisotopic (exact) mass is 329 g/mol. The van der Waals surface area contributed by atoms with Gasteiger partial charge in [-0.2, -0.15) is 0 Å². The average Bonchev–Trinajstić information content (AvgIpc) is 2.38. The number of hydrogen-bond donors (Lipinski definition) is 1. The molecule has 6 nitrogen and oxygen atoms in total. The Morgan fingerprint density at radius 1 is 1.42 bits per heavy atom. The van der Waals surface area contributed by atoms with Crippen LogP contribution in [0.25, 0.3) is 0 Å². The number of carbonyl (C=O) groups excluding carboxylic acids is 1.